The lowest BCUT2D eigenvalue weighted by molar-refractivity contribution is -0.130. The highest BCUT2D eigenvalue weighted by atomic mass is 16.2. The topological polar surface area (TPSA) is 57.7 Å². The van der Waals surface area contributed by atoms with Crippen molar-refractivity contribution in [2.24, 2.45) is 11.8 Å². The second kappa shape index (κ2) is 4.31. The molecule has 2 unspecified atom stereocenters. The van der Waals surface area contributed by atoms with Crippen molar-refractivity contribution in [2.75, 3.05) is 13.1 Å². The number of urea groups is 1. The lowest BCUT2D eigenvalue weighted by atomic mass is 10.0. The average molecular weight is 236 g/mol. The predicted octanol–water partition coefficient (Wildman–Crippen LogP) is 1.01. The Morgan fingerprint density at radius 1 is 1.06 bits per heavy atom. The average Bonchev–Trinajstić information content (AvgIpc) is 2.68. The van der Waals surface area contributed by atoms with Gasteiger partial charge in [-0.2, -0.15) is 0 Å². The first-order valence-corrected chi connectivity index (χ1v) is 5.77. The van der Waals surface area contributed by atoms with Crippen LogP contribution in [0.25, 0.3) is 0 Å². The molecule has 0 spiro atoms. The van der Waals surface area contributed by atoms with E-state index in [1.54, 1.807) is 0 Å². The van der Waals surface area contributed by atoms with E-state index in [1.165, 1.54) is 13.8 Å². The highest BCUT2D eigenvalue weighted by molar-refractivity contribution is 6.01. The molecular weight excluding hydrogens is 220 g/mol. The Hall–Kier alpha value is -1.65. The molecule has 1 aliphatic carbocycles. The smallest absolute Gasteiger partial charge is 0.275 e. The maximum atomic E-state index is 12.1. The van der Waals surface area contributed by atoms with Crippen LogP contribution in [-0.4, -0.2) is 40.7 Å². The summed E-state index contributed by atoms with van der Waals surface area (Å²) in [4.78, 5) is 37.3. The number of imide groups is 2. The second-order valence-corrected chi connectivity index (χ2v) is 4.68. The lowest BCUT2D eigenvalue weighted by Crippen LogP contribution is -2.51. The quantitative estimate of drug-likeness (QED) is 0.590. The van der Waals surface area contributed by atoms with Gasteiger partial charge in [-0.05, 0) is 18.3 Å². The van der Waals surface area contributed by atoms with E-state index in [0.29, 0.717) is 13.1 Å². The minimum Gasteiger partial charge on any atom is -0.275 e. The van der Waals surface area contributed by atoms with E-state index in [0.717, 1.165) is 16.2 Å². The Kier molecular flexibility index (Phi) is 3.00. The van der Waals surface area contributed by atoms with Crippen molar-refractivity contribution in [2.45, 2.75) is 20.3 Å². The number of carbonyl (C=O) groups is 3. The predicted molar refractivity (Wildman–Crippen MR) is 60.9 cm³/mol. The molecule has 0 aromatic heterocycles. The molecule has 2 aliphatic rings. The molecule has 5 nitrogen and oxygen atoms in total. The maximum absolute atomic E-state index is 12.1. The monoisotopic (exact) mass is 236 g/mol. The molecule has 0 radical (unpaired) electrons. The number of carbonyl (C=O) groups excluding carboxylic acids is 3. The van der Waals surface area contributed by atoms with Crippen LogP contribution in [0.1, 0.15) is 20.3 Å². The summed E-state index contributed by atoms with van der Waals surface area (Å²) >= 11 is 0. The van der Waals surface area contributed by atoms with Crippen molar-refractivity contribution in [1.82, 2.24) is 9.80 Å². The number of fused-ring (bicyclic) bond motifs is 2. The van der Waals surface area contributed by atoms with E-state index in [-0.39, 0.29) is 23.7 Å². The van der Waals surface area contributed by atoms with Crippen molar-refractivity contribution in [1.29, 1.82) is 0 Å². The first kappa shape index (κ1) is 11.8. The highest BCUT2D eigenvalue weighted by Crippen LogP contribution is 2.28. The van der Waals surface area contributed by atoms with Crippen LogP contribution in [0.3, 0.4) is 0 Å². The molecule has 2 bridgehead atoms. The van der Waals surface area contributed by atoms with Gasteiger partial charge in [0.1, 0.15) is 0 Å². The summed E-state index contributed by atoms with van der Waals surface area (Å²) in [7, 11) is 0. The molecule has 17 heavy (non-hydrogen) atoms. The fourth-order valence-electron chi connectivity index (χ4n) is 2.43. The van der Waals surface area contributed by atoms with Crippen LogP contribution >= 0.6 is 0 Å². The van der Waals surface area contributed by atoms with E-state index < -0.39 is 6.03 Å². The van der Waals surface area contributed by atoms with E-state index in [1.807, 2.05) is 12.2 Å². The molecule has 1 aliphatic heterocycles. The van der Waals surface area contributed by atoms with Gasteiger partial charge in [0.05, 0.1) is 0 Å². The minimum atomic E-state index is -0.483. The number of rotatable bonds is 0. The lowest BCUT2D eigenvalue weighted by Gasteiger charge is -2.32. The van der Waals surface area contributed by atoms with Crippen LogP contribution in [0.5, 0.6) is 0 Å². The standard InChI is InChI=1S/C12H16N2O3/c1-8(15)13-6-10-3-4-11(5-10)7-14(9(2)16)12(13)17/h3-4,10-11H,5-7H2,1-2H3. The van der Waals surface area contributed by atoms with Crippen LogP contribution in [0.2, 0.25) is 0 Å². The molecule has 1 saturated heterocycles. The Labute approximate surface area is 100 Å². The second-order valence-electron chi connectivity index (χ2n) is 4.68. The summed E-state index contributed by atoms with van der Waals surface area (Å²) in [6, 6.07) is -0.483. The van der Waals surface area contributed by atoms with Crippen molar-refractivity contribution < 1.29 is 14.4 Å². The van der Waals surface area contributed by atoms with Gasteiger partial charge >= 0.3 is 6.03 Å². The van der Waals surface area contributed by atoms with Gasteiger partial charge in [-0.15, -0.1) is 0 Å². The van der Waals surface area contributed by atoms with Crippen LogP contribution in [0.15, 0.2) is 12.2 Å². The number of hydrogen-bond donors (Lipinski definition) is 0. The summed E-state index contributed by atoms with van der Waals surface area (Å²) in [6.07, 6.45) is 4.98. The van der Waals surface area contributed by atoms with Crippen LogP contribution < -0.4 is 0 Å². The van der Waals surface area contributed by atoms with Crippen molar-refractivity contribution >= 4 is 17.8 Å². The Morgan fingerprint density at radius 3 is 1.82 bits per heavy atom. The van der Waals surface area contributed by atoms with E-state index in [2.05, 4.69) is 0 Å². The molecule has 2 rings (SSSR count). The van der Waals surface area contributed by atoms with Gasteiger partial charge in [-0.3, -0.25) is 19.4 Å². The van der Waals surface area contributed by atoms with E-state index in [4.69, 9.17) is 0 Å². The summed E-state index contributed by atoms with van der Waals surface area (Å²) in [5.41, 5.74) is 0. The molecule has 0 saturated carbocycles. The van der Waals surface area contributed by atoms with Gasteiger partial charge < -0.3 is 0 Å². The van der Waals surface area contributed by atoms with Crippen molar-refractivity contribution in [3.63, 3.8) is 0 Å². The third kappa shape index (κ3) is 2.23. The molecule has 0 aromatic rings. The first-order valence-electron chi connectivity index (χ1n) is 5.77. The van der Waals surface area contributed by atoms with Gasteiger partial charge in [-0.1, -0.05) is 12.2 Å². The molecule has 2 atom stereocenters. The maximum Gasteiger partial charge on any atom is 0.333 e. The molecule has 1 heterocycles. The van der Waals surface area contributed by atoms with Gasteiger partial charge in [-0.25, -0.2) is 4.79 Å². The summed E-state index contributed by atoms with van der Waals surface area (Å²) in [5.74, 6) is -0.135. The molecule has 1 fully saturated rings. The summed E-state index contributed by atoms with van der Waals surface area (Å²) < 4.78 is 0. The summed E-state index contributed by atoms with van der Waals surface area (Å²) in [6.45, 7) is 3.47. The third-order valence-corrected chi connectivity index (χ3v) is 3.32. The molecule has 0 aromatic carbocycles. The zero-order valence-corrected chi connectivity index (χ0v) is 10.0. The largest absolute Gasteiger partial charge is 0.333 e. The molecule has 4 amide bonds. The fourth-order valence-corrected chi connectivity index (χ4v) is 2.43. The van der Waals surface area contributed by atoms with E-state index in [9.17, 15) is 14.4 Å². The molecule has 92 valence electrons. The van der Waals surface area contributed by atoms with Gasteiger partial charge in [0.2, 0.25) is 11.8 Å². The normalized spacial score (nSPS) is 28.0. The zero-order valence-electron chi connectivity index (χ0n) is 10.0. The third-order valence-electron chi connectivity index (χ3n) is 3.32. The Bertz CT molecular complexity index is 369. The van der Waals surface area contributed by atoms with Crippen LogP contribution in [0, 0.1) is 11.8 Å². The zero-order chi connectivity index (χ0) is 12.6. The van der Waals surface area contributed by atoms with E-state index >= 15 is 0 Å². The molecule has 0 N–H and O–H groups in total. The highest BCUT2D eigenvalue weighted by Gasteiger charge is 2.35. The molecule has 5 heteroatoms. The molecular formula is C12H16N2O3. The van der Waals surface area contributed by atoms with Gasteiger partial charge in [0.25, 0.3) is 0 Å². The Balaban J connectivity index is 2.29. The minimum absolute atomic E-state index is 0.238. The Morgan fingerprint density at radius 2 is 1.47 bits per heavy atom. The fraction of sp³-hybridized carbons (Fsp3) is 0.583. The van der Waals surface area contributed by atoms with Gasteiger partial charge in [0.15, 0.2) is 0 Å². The SMILES string of the molecule is CC(=O)N1CC2C=CC(C2)CN(C(C)=O)C1=O. The number of amides is 4. The van der Waals surface area contributed by atoms with Crippen LogP contribution in [-0.2, 0) is 9.59 Å². The number of hydrogen-bond acceptors (Lipinski definition) is 3. The summed E-state index contributed by atoms with van der Waals surface area (Å²) in [5, 5.41) is 0. The first-order chi connectivity index (χ1) is 7.99. The van der Waals surface area contributed by atoms with Crippen molar-refractivity contribution in [3.8, 4) is 0 Å². The van der Waals surface area contributed by atoms with Gasteiger partial charge in [0, 0.05) is 26.9 Å². The van der Waals surface area contributed by atoms with Crippen LogP contribution in [0.4, 0.5) is 4.79 Å². The number of nitrogens with zero attached hydrogens (tertiary/aromatic N) is 2. The van der Waals surface area contributed by atoms with Crippen molar-refractivity contribution in [3.05, 3.63) is 12.2 Å².